The second kappa shape index (κ2) is 6.55. The number of imidazole rings is 1. The molecule has 0 fully saturated rings. The highest BCUT2D eigenvalue weighted by Crippen LogP contribution is 2.20. The smallest absolute Gasteiger partial charge is 0.318 e. The van der Waals surface area contributed by atoms with E-state index in [1.807, 2.05) is 24.4 Å². The summed E-state index contributed by atoms with van der Waals surface area (Å²) in [6.45, 7) is 2.36. The lowest BCUT2D eigenvalue weighted by molar-refractivity contribution is 0.203. The summed E-state index contributed by atoms with van der Waals surface area (Å²) in [6.07, 6.45) is 1.73. The van der Waals surface area contributed by atoms with Crippen molar-refractivity contribution in [3.05, 3.63) is 45.6 Å². The number of carbonyl (C=O) groups is 1. The topological polar surface area (TPSA) is 73.9 Å². The Kier molecular flexibility index (Phi) is 4.49. The number of amides is 2. The van der Waals surface area contributed by atoms with E-state index in [2.05, 4.69) is 20.3 Å². The van der Waals surface area contributed by atoms with Crippen LogP contribution in [0.2, 0.25) is 5.02 Å². The number of aromatic amines is 1. The molecule has 2 aromatic heterocycles. The van der Waals surface area contributed by atoms with Crippen LogP contribution in [0.15, 0.2) is 29.8 Å². The molecule has 120 valence electrons. The fourth-order valence-corrected chi connectivity index (χ4v) is 3.02. The van der Waals surface area contributed by atoms with Gasteiger partial charge in [0, 0.05) is 23.6 Å². The van der Waals surface area contributed by atoms with E-state index in [-0.39, 0.29) is 12.1 Å². The first-order valence-corrected chi connectivity index (χ1v) is 8.34. The van der Waals surface area contributed by atoms with Gasteiger partial charge in [0.15, 0.2) is 0 Å². The number of urea groups is 1. The van der Waals surface area contributed by atoms with E-state index in [1.54, 1.807) is 24.2 Å². The number of nitrogens with one attached hydrogen (secondary N) is 2. The highest BCUT2D eigenvalue weighted by Gasteiger charge is 2.17. The second-order valence-corrected chi connectivity index (χ2v) is 6.65. The van der Waals surface area contributed by atoms with Crippen LogP contribution < -0.4 is 5.32 Å². The number of fused-ring (bicyclic) bond motifs is 1. The Balaban J connectivity index is 1.67. The van der Waals surface area contributed by atoms with Crippen LogP contribution in [0, 0.1) is 0 Å². The molecule has 0 saturated heterocycles. The Morgan fingerprint density at radius 2 is 2.35 bits per heavy atom. The van der Waals surface area contributed by atoms with Gasteiger partial charge in [-0.25, -0.2) is 14.8 Å². The van der Waals surface area contributed by atoms with Gasteiger partial charge in [0.1, 0.15) is 10.8 Å². The molecule has 0 saturated carbocycles. The second-order valence-electron chi connectivity index (χ2n) is 5.24. The molecular weight excluding hydrogens is 334 g/mol. The first-order valence-electron chi connectivity index (χ1n) is 7.08. The Morgan fingerprint density at radius 1 is 1.52 bits per heavy atom. The van der Waals surface area contributed by atoms with E-state index in [0.29, 0.717) is 17.4 Å². The zero-order valence-electron chi connectivity index (χ0n) is 12.7. The van der Waals surface area contributed by atoms with Crippen LogP contribution in [0.1, 0.15) is 23.8 Å². The minimum Gasteiger partial charge on any atom is -0.340 e. The van der Waals surface area contributed by atoms with Crippen molar-refractivity contribution in [3.8, 4) is 0 Å². The molecule has 1 aromatic carbocycles. The minimum atomic E-state index is -0.243. The molecule has 6 nitrogen and oxygen atoms in total. The average molecular weight is 350 g/mol. The lowest BCUT2D eigenvalue weighted by Crippen LogP contribution is -2.38. The molecule has 0 radical (unpaired) electrons. The summed E-state index contributed by atoms with van der Waals surface area (Å²) in [7, 11) is 1.74. The average Bonchev–Trinajstić information content (AvgIpc) is 3.15. The van der Waals surface area contributed by atoms with Crippen molar-refractivity contribution in [2.45, 2.75) is 19.5 Å². The summed E-state index contributed by atoms with van der Waals surface area (Å²) in [5, 5.41) is 6.36. The predicted molar refractivity (Wildman–Crippen MR) is 91.6 cm³/mol. The highest BCUT2D eigenvalue weighted by atomic mass is 35.5. The van der Waals surface area contributed by atoms with E-state index in [0.717, 1.165) is 16.0 Å². The molecule has 8 heteroatoms. The molecule has 1 atom stereocenters. The number of halogens is 1. The molecule has 2 amide bonds. The maximum Gasteiger partial charge on any atom is 0.318 e. The zero-order chi connectivity index (χ0) is 16.4. The van der Waals surface area contributed by atoms with Gasteiger partial charge in [-0.05, 0) is 25.1 Å². The monoisotopic (exact) mass is 349 g/mol. The van der Waals surface area contributed by atoms with E-state index in [1.165, 1.54) is 11.3 Å². The van der Waals surface area contributed by atoms with Gasteiger partial charge in [0.25, 0.3) is 0 Å². The van der Waals surface area contributed by atoms with Crippen LogP contribution in [0.3, 0.4) is 0 Å². The standard InChI is InChI=1S/C15H16ClN5OS/c1-9(14-19-11-4-3-10(16)7-12(11)20-14)18-15(22)21(2)8-13-17-5-6-23-13/h3-7,9H,8H2,1-2H3,(H,18,22)(H,19,20). The third-order valence-electron chi connectivity index (χ3n) is 3.41. The Bertz CT molecular complexity index is 817. The zero-order valence-corrected chi connectivity index (χ0v) is 14.3. The Morgan fingerprint density at radius 3 is 3.09 bits per heavy atom. The third kappa shape index (κ3) is 3.62. The normalized spacial score (nSPS) is 12.3. The van der Waals surface area contributed by atoms with Crippen molar-refractivity contribution >= 4 is 40.0 Å². The van der Waals surface area contributed by atoms with Crippen molar-refractivity contribution in [1.82, 2.24) is 25.2 Å². The van der Waals surface area contributed by atoms with Gasteiger partial charge < -0.3 is 15.2 Å². The minimum absolute atomic E-state index is 0.175. The van der Waals surface area contributed by atoms with Crippen molar-refractivity contribution in [3.63, 3.8) is 0 Å². The summed E-state index contributed by atoms with van der Waals surface area (Å²) in [4.78, 5) is 25.7. The van der Waals surface area contributed by atoms with Gasteiger partial charge in [-0.2, -0.15) is 0 Å². The molecule has 1 unspecified atom stereocenters. The maximum atomic E-state index is 12.3. The molecular formula is C15H16ClN5OS. The third-order valence-corrected chi connectivity index (χ3v) is 4.41. The highest BCUT2D eigenvalue weighted by molar-refractivity contribution is 7.09. The van der Waals surface area contributed by atoms with E-state index in [9.17, 15) is 4.79 Å². The van der Waals surface area contributed by atoms with Gasteiger partial charge in [-0.3, -0.25) is 0 Å². The quantitative estimate of drug-likeness (QED) is 0.756. The Hall–Kier alpha value is -2.12. The van der Waals surface area contributed by atoms with Crippen LogP contribution >= 0.6 is 22.9 Å². The molecule has 2 N–H and O–H groups in total. The van der Waals surface area contributed by atoms with E-state index in [4.69, 9.17) is 11.6 Å². The molecule has 0 aliphatic carbocycles. The summed E-state index contributed by atoms with van der Waals surface area (Å²) in [5.74, 6) is 0.693. The number of hydrogen-bond donors (Lipinski definition) is 2. The molecule has 0 aliphatic heterocycles. The van der Waals surface area contributed by atoms with Crippen LogP contribution in [-0.4, -0.2) is 32.9 Å². The molecule has 2 heterocycles. The van der Waals surface area contributed by atoms with Gasteiger partial charge in [0.2, 0.25) is 0 Å². The van der Waals surface area contributed by atoms with Crippen molar-refractivity contribution in [2.75, 3.05) is 7.05 Å². The first-order chi connectivity index (χ1) is 11.0. The number of thiazole rings is 1. The fourth-order valence-electron chi connectivity index (χ4n) is 2.18. The summed E-state index contributed by atoms with van der Waals surface area (Å²) < 4.78 is 0. The number of nitrogens with zero attached hydrogens (tertiary/aromatic N) is 3. The number of carbonyl (C=O) groups excluding carboxylic acids is 1. The summed E-state index contributed by atoms with van der Waals surface area (Å²) in [6, 6.07) is 5.04. The van der Waals surface area contributed by atoms with Crippen LogP contribution in [-0.2, 0) is 6.54 Å². The largest absolute Gasteiger partial charge is 0.340 e. The van der Waals surface area contributed by atoms with Gasteiger partial charge in [-0.1, -0.05) is 11.6 Å². The molecule has 0 spiro atoms. The predicted octanol–water partition coefficient (Wildman–Crippen LogP) is 3.58. The van der Waals surface area contributed by atoms with Crippen molar-refractivity contribution < 1.29 is 4.79 Å². The van der Waals surface area contributed by atoms with Crippen LogP contribution in [0.25, 0.3) is 11.0 Å². The van der Waals surface area contributed by atoms with Gasteiger partial charge in [0.05, 0.1) is 23.6 Å². The maximum absolute atomic E-state index is 12.3. The van der Waals surface area contributed by atoms with Gasteiger partial charge in [-0.15, -0.1) is 11.3 Å². The number of aromatic nitrogens is 3. The van der Waals surface area contributed by atoms with E-state index < -0.39 is 0 Å². The van der Waals surface area contributed by atoms with Crippen LogP contribution in [0.5, 0.6) is 0 Å². The van der Waals surface area contributed by atoms with Crippen molar-refractivity contribution in [1.29, 1.82) is 0 Å². The molecule has 0 bridgehead atoms. The lowest BCUT2D eigenvalue weighted by atomic mass is 10.3. The lowest BCUT2D eigenvalue weighted by Gasteiger charge is -2.19. The summed E-state index contributed by atoms with van der Waals surface area (Å²) in [5.41, 5.74) is 1.67. The number of benzene rings is 1. The fraction of sp³-hybridized carbons (Fsp3) is 0.267. The molecule has 3 aromatic rings. The number of hydrogen-bond acceptors (Lipinski definition) is 4. The number of rotatable bonds is 4. The Labute approximate surface area is 142 Å². The van der Waals surface area contributed by atoms with E-state index >= 15 is 0 Å². The first kappa shape index (κ1) is 15.8. The van der Waals surface area contributed by atoms with Crippen LogP contribution in [0.4, 0.5) is 4.79 Å². The molecule has 3 rings (SSSR count). The summed E-state index contributed by atoms with van der Waals surface area (Å²) >= 11 is 7.50. The molecule has 23 heavy (non-hydrogen) atoms. The van der Waals surface area contributed by atoms with Crippen molar-refractivity contribution in [2.24, 2.45) is 0 Å². The number of H-pyrrole nitrogens is 1. The molecule has 0 aliphatic rings. The van der Waals surface area contributed by atoms with Gasteiger partial charge >= 0.3 is 6.03 Å². The SMILES string of the molecule is CC(NC(=O)N(C)Cc1nccs1)c1nc2ccc(Cl)cc2[nH]1.